The SMILES string of the molecule is OC1(C2=CC=CCC2c2ccccc2)c2ccc(-c3ccc4c(c3)oc3ccccc34)cc2Sc2c(Cl)cccc21. The normalized spacial score (nSPS) is 19.7. The fraction of sp³-hybridized carbons (Fsp3) is 0.0811. The van der Waals surface area contributed by atoms with Crippen LogP contribution in [0.2, 0.25) is 5.02 Å². The number of aliphatic hydroxyl groups is 1. The van der Waals surface area contributed by atoms with Crippen LogP contribution in [0.5, 0.6) is 0 Å². The van der Waals surface area contributed by atoms with Crippen LogP contribution in [-0.4, -0.2) is 5.11 Å². The highest BCUT2D eigenvalue weighted by Crippen LogP contribution is 2.57. The molecule has 1 aromatic heterocycles. The van der Waals surface area contributed by atoms with Crippen molar-refractivity contribution >= 4 is 45.3 Å². The smallest absolute Gasteiger partial charge is 0.139 e. The van der Waals surface area contributed by atoms with Gasteiger partial charge in [-0.1, -0.05) is 120 Å². The van der Waals surface area contributed by atoms with Crippen LogP contribution in [-0.2, 0) is 5.60 Å². The number of benzene rings is 5. The van der Waals surface area contributed by atoms with Crippen molar-refractivity contribution in [2.75, 3.05) is 0 Å². The minimum Gasteiger partial charge on any atom is -0.456 e. The predicted octanol–water partition coefficient (Wildman–Crippen LogP) is 10.3. The van der Waals surface area contributed by atoms with Crippen LogP contribution in [0.25, 0.3) is 33.1 Å². The Morgan fingerprint density at radius 1 is 0.756 bits per heavy atom. The third-order valence-corrected chi connectivity index (χ3v) is 10.1. The van der Waals surface area contributed by atoms with Crippen molar-refractivity contribution in [2.45, 2.75) is 27.7 Å². The molecule has 0 amide bonds. The summed E-state index contributed by atoms with van der Waals surface area (Å²) in [5.41, 5.74) is 6.43. The second-order valence-electron chi connectivity index (χ2n) is 10.7. The van der Waals surface area contributed by atoms with Gasteiger partial charge in [-0.25, -0.2) is 0 Å². The van der Waals surface area contributed by atoms with Crippen molar-refractivity contribution in [2.24, 2.45) is 0 Å². The fourth-order valence-corrected chi connectivity index (χ4v) is 7.97. The molecule has 4 heteroatoms. The Bertz CT molecular complexity index is 2040. The first-order valence-electron chi connectivity index (χ1n) is 13.8. The maximum Gasteiger partial charge on any atom is 0.139 e. The minimum absolute atomic E-state index is 0.0455. The van der Waals surface area contributed by atoms with E-state index in [9.17, 15) is 5.11 Å². The molecule has 5 aromatic carbocycles. The number of allylic oxidation sites excluding steroid dienone is 3. The van der Waals surface area contributed by atoms with E-state index < -0.39 is 5.60 Å². The summed E-state index contributed by atoms with van der Waals surface area (Å²) in [4.78, 5) is 1.90. The zero-order chi connectivity index (χ0) is 27.6. The summed E-state index contributed by atoms with van der Waals surface area (Å²) in [6, 6.07) is 37.2. The van der Waals surface area contributed by atoms with E-state index in [4.69, 9.17) is 16.0 Å². The second kappa shape index (κ2) is 9.53. The van der Waals surface area contributed by atoms with Gasteiger partial charge in [0, 0.05) is 37.6 Å². The molecule has 8 rings (SSSR count). The molecule has 0 saturated heterocycles. The summed E-state index contributed by atoms with van der Waals surface area (Å²) in [5.74, 6) is 0.0455. The van der Waals surface area contributed by atoms with E-state index in [1.54, 1.807) is 11.8 Å². The summed E-state index contributed by atoms with van der Waals surface area (Å²) in [7, 11) is 0. The molecule has 2 nitrogen and oxygen atoms in total. The Morgan fingerprint density at radius 3 is 2.44 bits per heavy atom. The van der Waals surface area contributed by atoms with E-state index >= 15 is 0 Å². The third-order valence-electron chi connectivity index (χ3n) is 8.43. The molecule has 0 radical (unpaired) electrons. The standard InChI is InChI=1S/C37H25ClO2S/c38-32-15-8-14-31-36(32)41-35-22-25(24-17-19-28-27-12-5-7-16-33(27)40-34(28)21-24)18-20-30(35)37(31,39)29-13-6-4-11-26(29)23-9-2-1-3-10-23/h1-10,12-22,26,39H,11H2. The molecule has 2 aliphatic rings. The Labute approximate surface area is 247 Å². The van der Waals surface area contributed by atoms with Crippen molar-refractivity contribution in [3.63, 3.8) is 0 Å². The van der Waals surface area contributed by atoms with Gasteiger partial charge in [0.15, 0.2) is 0 Å². The topological polar surface area (TPSA) is 33.4 Å². The second-order valence-corrected chi connectivity index (χ2v) is 12.2. The first-order valence-corrected chi connectivity index (χ1v) is 15.0. The van der Waals surface area contributed by atoms with Gasteiger partial charge in [-0.3, -0.25) is 0 Å². The van der Waals surface area contributed by atoms with Gasteiger partial charge in [-0.05, 0) is 59.0 Å². The Kier molecular flexibility index (Phi) is 5.75. The molecule has 0 spiro atoms. The number of rotatable bonds is 3. The van der Waals surface area contributed by atoms with Gasteiger partial charge in [0.25, 0.3) is 0 Å². The number of furan rings is 1. The average molecular weight is 569 g/mol. The van der Waals surface area contributed by atoms with Crippen LogP contribution in [0.1, 0.15) is 29.0 Å². The van der Waals surface area contributed by atoms with Gasteiger partial charge in [0.1, 0.15) is 16.8 Å². The number of fused-ring (bicyclic) bond motifs is 5. The van der Waals surface area contributed by atoms with Crippen LogP contribution in [0.3, 0.4) is 0 Å². The number of hydrogen-bond acceptors (Lipinski definition) is 3. The first kappa shape index (κ1) is 24.8. The largest absolute Gasteiger partial charge is 0.456 e. The summed E-state index contributed by atoms with van der Waals surface area (Å²) < 4.78 is 6.18. The van der Waals surface area contributed by atoms with Crippen LogP contribution in [0.4, 0.5) is 0 Å². The van der Waals surface area contributed by atoms with Crippen LogP contribution in [0, 0.1) is 0 Å². The molecule has 2 atom stereocenters. The zero-order valence-electron chi connectivity index (χ0n) is 22.1. The lowest BCUT2D eigenvalue weighted by Crippen LogP contribution is -2.36. The fourth-order valence-electron chi connectivity index (χ4n) is 6.46. The highest BCUT2D eigenvalue weighted by molar-refractivity contribution is 7.99. The Morgan fingerprint density at radius 2 is 1.54 bits per heavy atom. The highest BCUT2D eigenvalue weighted by Gasteiger charge is 2.46. The molecular formula is C37H25ClO2S. The summed E-state index contributed by atoms with van der Waals surface area (Å²) in [6.45, 7) is 0. The van der Waals surface area contributed by atoms with Crippen molar-refractivity contribution in [3.8, 4) is 11.1 Å². The van der Waals surface area contributed by atoms with Crippen LogP contribution >= 0.6 is 23.4 Å². The van der Waals surface area contributed by atoms with Crippen molar-refractivity contribution < 1.29 is 9.52 Å². The van der Waals surface area contributed by atoms with E-state index in [0.717, 1.165) is 66.0 Å². The van der Waals surface area contributed by atoms with Crippen molar-refractivity contribution in [3.05, 3.63) is 155 Å². The number of halogens is 1. The van der Waals surface area contributed by atoms with Gasteiger partial charge in [-0.2, -0.15) is 0 Å². The molecule has 1 N–H and O–H groups in total. The van der Waals surface area contributed by atoms with Gasteiger partial charge in [-0.15, -0.1) is 0 Å². The number of hydrogen-bond donors (Lipinski definition) is 1. The van der Waals surface area contributed by atoms with E-state index in [2.05, 4.69) is 85.0 Å². The van der Waals surface area contributed by atoms with Gasteiger partial charge >= 0.3 is 0 Å². The molecule has 6 aromatic rings. The monoisotopic (exact) mass is 568 g/mol. The lowest BCUT2D eigenvalue weighted by Gasteiger charge is -2.42. The summed E-state index contributed by atoms with van der Waals surface area (Å²) in [5, 5.41) is 15.8. The average Bonchev–Trinajstić information content (AvgIpc) is 3.40. The summed E-state index contributed by atoms with van der Waals surface area (Å²) >= 11 is 8.44. The molecule has 2 heterocycles. The van der Waals surface area contributed by atoms with Gasteiger partial charge in [0.05, 0.1) is 5.02 Å². The van der Waals surface area contributed by atoms with Crippen LogP contribution in [0.15, 0.2) is 147 Å². The zero-order valence-corrected chi connectivity index (χ0v) is 23.6. The molecule has 0 bridgehead atoms. The highest BCUT2D eigenvalue weighted by atomic mass is 35.5. The van der Waals surface area contributed by atoms with E-state index in [1.807, 2.05) is 42.5 Å². The minimum atomic E-state index is -1.33. The molecule has 41 heavy (non-hydrogen) atoms. The Balaban J connectivity index is 1.30. The van der Waals surface area contributed by atoms with Crippen molar-refractivity contribution in [1.29, 1.82) is 0 Å². The quantitative estimate of drug-likeness (QED) is 0.230. The molecule has 1 aliphatic heterocycles. The maximum absolute atomic E-state index is 13.0. The van der Waals surface area contributed by atoms with Gasteiger partial charge < -0.3 is 9.52 Å². The molecule has 0 fully saturated rings. The van der Waals surface area contributed by atoms with Gasteiger partial charge in [0.2, 0.25) is 0 Å². The van der Waals surface area contributed by atoms with Crippen molar-refractivity contribution in [1.82, 2.24) is 0 Å². The molecule has 0 saturated carbocycles. The van der Waals surface area contributed by atoms with E-state index in [1.165, 1.54) is 5.56 Å². The molecule has 2 unspecified atom stereocenters. The summed E-state index contributed by atoms with van der Waals surface area (Å²) in [6.07, 6.45) is 7.16. The first-order chi connectivity index (χ1) is 20.1. The van der Waals surface area contributed by atoms with E-state index in [0.29, 0.717) is 5.02 Å². The third kappa shape index (κ3) is 3.84. The molecule has 198 valence electrons. The maximum atomic E-state index is 13.0. The molecular weight excluding hydrogens is 544 g/mol. The Hall–Kier alpha value is -4.02. The molecule has 1 aliphatic carbocycles. The lowest BCUT2D eigenvalue weighted by atomic mass is 9.70. The van der Waals surface area contributed by atoms with E-state index in [-0.39, 0.29) is 5.92 Å². The number of para-hydroxylation sites is 1. The lowest BCUT2D eigenvalue weighted by molar-refractivity contribution is 0.106. The predicted molar refractivity (Wildman–Crippen MR) is 169 cm³/mol. The van der Waals surface area contributed by atoms with Crippen LogP contribution < -0.4 is 0 Å².